The minimum atomic E-state index is -4.20. The van der Waals surface area contributed by atoms with Gasteiger partial charge >= 0.3 is 6.18 Å². The number of halogens is 3. The molecule has 1 heterocycles. The van der Waals surface area contributed by atoms with Gasteiger partial charge in [0, 0.05) is 30.2 Å². The van der Waals surface area contributed by atoms with Crippen molar-refractivity contribution in [2.45, 2.75) is 19.5 Å². The standard InChI is InChI=1S/C17H21F3N2O/c1-3-8-22(12-17(18,19)20)9-7-13-11-21-16-6-5-14(23-4-2)10-15(13)16/h3,5-6,10-11,21H,1,4,7-9,12H2,2H3. The van der Waals surface area contributed by atoms with Crippen LogP contribution in [0, 0.1) is 0 Å². The van der Waals surface area contributed by atoms with Crippen LogP contribution in [0.2, 0.25) is 0 Å². The van der Waals surface area contributed by atoms with Crippen molar-refractivity contribution >= 4 is 10.9 Å². The number of hydrogen-bond acceptors (Lipinski definition) is 2. The summed E-state index contributed by atoms with van der Waals surface area (Å²) in [5.74, 6) is 0.763. The molecule has 0 saturated carbocycles. The van der Waals surface area contributed by atoms with Gasteiger partial charge in [-0.15, -0.1) is 6.58 Å². The predicted molar refractivity (Wildman–Crippen MR) is 85.9 cm³/mol. The first-order chi connectivity index (χ1) is 10.9. The van der Waals surface area contributed by atoms with Crippen molar-refractivity contribution in [1.82, 2.24) is 9.88 Å². The highest BCUT2D eigenvalue weighted by molar-refractivity contribution is 5.84. The van der Waals surface area contributed by atoms with Gasteiger partial charge in [0.25, 0.3) is 0 Å². The molecule has 126 valence electrons. The van der Waals surface area contributed by atoms with E-state index in [9.17, 15) is 13.2 Å². The lowest BCUT2D eigenvalue weighted by Crippen LogP contribution is -2.35. The van der Waals surface area contributed by atoms with Crippen molar-refractivity contribution in [3.63, 3.8) is 0 Å². The number of fused-ring (bicyclic) bond motifs is 1. The Morgan fingerprint density at radius 3 is 2.78 bits per heavy atom. The first-order valence-corrected chi connectivity index (χ1v) is 7.55. The number of alkyl halides is 3. The van der Waals surface area contributed by atoms with E-state index in [1.165, 1.54) is 11.0 Å². The lowest BCUT2D eigenvalue weighted by Gasteiger charge is -2.21. The molecule has 0 aliphatic rings. The Kier molecular flexibility index (Phi) is 5.71. The van der Waals surface area contributed by atoms with Crippen molar-refractivity contribution in [1.29, 1.82) is 0 Å². The maximum Gasteiger partial charge on any atom is 0.401 e. The number of nitrogens with zero attached hydrogens (tertiary/aromatic N) is 1. The zero-order valence-electron chi connectivity index (χ0n) is 13.1. The Morgan fingerprint density at radius 2 is 2.13 bits per heavy atom. The predicted octanol–water partition coefficient (Wildman–Crippen LogP) is 4.16. The molecular weight excluding hydrogens is 305 g/mol. The maximum absolute atomic E-state index is 12.6. The number of nitrogens with one attached hydrogen (secondary N) is 1. The number of aromatic nitrogens is 1. The molecule has 2 rings (SSSR count). The highest BCUT2D eigenvalue weighted by Gasteiger charge is 2.30. The summed E-state index contributed by atoms with van der Waals surface area (Å²) in [5.41, 5.74) is 1.94. The van der Waals surface area contributed by atoms with E-state index in [-0.39, 0.29) is 6.54 Å². The molecule has 0 saturated heterocycles. The van der Waals surface area contributed by atoms with Crippen LogP contribution in [0.5, 0.6) is 5.75 Å². The van der Waals surface area contributed by atoms with Gasteiger partial charge in [-0.25, -0.2) is 0 Å². The molecule has 0 amide bonds. The minimum Gasteiger partial charge on any atom is -0.494 e. The number of hydrogen-bond donors (Lipinski definition) is 1. The molecule has 0 spiro atoms. The first-order valence-electron chi connectivity index (χ1n) is 7.55. The monoisotopic (exact) mass is 326 g/mol. The molecule has 1 N–H and O–H groups in total. The summed E-state index contributed by atoms with van der Waals surface area (Å²) >= 11 is 0. The van der Waals surface area contributed by atoms with E-state index in [2.05, 4.69) is 11.6 Å². The van der Waals surface area contributed by atoms with Crippen LogP contribution < -0.4 is 4.74 Å². The van der Waals surface area contributed by atoms with Gasteiger partial charge in [-0.05, 0) is 37.1 Å². The summed E-state index contributed by atoms with van der Waals surface area (Å²) < 4.78 is 43.2. The van der Waals surface area contributed by atoms with Gasteiger partial charge in [-0.2, -0.15) is 13.2 Å². The average Bonchev–Trinajstić information content (AvgIpc) is 2.86. The van der Waals surface area contributed by atoms with E-state index < -0.39 is 12.7 Å². The normalized spacial score (nSPS) is 12.0. The molecule has 2 aromatic rings. The summed E-state index contributed by atoms with van der Waals surface area (Å²) in [5, 5.41) is 0.988. The van der Waals surface area contributed by atoms with E-state index in [4.69, 9.17) is 4.74 Å². The van der Waals surface area contributed by atoms with Gasteiger partial charge in [-0.1, -0.05) is 6.08 Å². The fourth-order valence-corrected chi connectivity index (χ4v) is 2.57. The van der Waals surface area contributed by atoms with E-state index in [1.54, 1.807) is 0 Å². The second kappa shape index (κ2) is 7.55. The van der Waals surface area contributed by atoms with E-state index in [0.29, 0.717) is 19.6 Å². The van der Waals surface area contributed by atoms with Crippen molar-refractivity contribution in [3.05, 3.63) is 42.6 Å². The highest BCUT2D eigenvalue weighted by atomic mass is 19.4. The molecule has 0 aliphatic heterocycles. The topological polar surface area (TPSA) is 28.3 Å². The van der Waals surface area contributed by atoms with Crippen LogP contribution >= 0.6 is 0 Å². The molecular formula is C17H21F3N2O. The number of rotatable bonds is 8. The Morgan fingerprint density at radius 1 is 1.35 bits per heavy atom. The highest BCUT2D eigenvalue weighted by Crippen LogP contribution is 2.25. The number of aromatic amines is 1. The van der Waals surface area contributed by atoms with Crippen molar-refractivity contribution < 1.29 is 17.9 Å². The summed E-state index contributed by atoms with van der Waals surface area (Å²) in [6.07, 6.45) is -0.334. The molecule has 0 atom stereocenters. The molecule has 0 bridgehead atoms. The van der Waals surface area contributed by atoms with Gasteiger partial charge in [0.05, 0.1) is 13.2 Å². The Hall–Kier alpha value is -1.95. The second-order valence-corrected chi connectivity index (χ2v) is 5.34. The largest absolute Gasteiger partial charge is 0.494 e. The van der Waals surface area contributed by atoms with Gasteiger partial charge in [0.2, 0.25) is 0 Å². The fraction of sp³-hybridized carbons (Fsp3) is 0.412. The van der Waals surface area contributed by atoms with Gasteiger partial charge in [0.1, 0.15) is 5.75 Å². The van der Waals surface area contributed by atoms with Crippen LogP contribution in [0.25, 0.3) is 10.9 Å². The van der Waals surface area contributed by atoms with Crippen molar-refractivity contribution in [2.75, 3.05) is 26.2 Å². The summed E-state index contributed by atoms with van der Waals surface area (Å²) in [7, 11) is 0. The zero-order chi connectivity index (χ0) is 16.9. The van der Waals surface area contributed by atoms with E-state index >= 15 is 0 Å². The van der Waals surface area contributed by atoms with Gasteiger partial charge in [-0.3, -0.25) is 4.90 Å². The van der Waals surface area contributed by atoms with Crippen LogP contribution in [-0.2, 0) is 6.42 Å². The molecule has 6 heteroatoms. The van der Waals surface area contributed by atoms with E-state index in [1.807, 2.05) is 31.3 Å². The molecule has 1 aromatic heterocycles. The molecule has 23 heavy (non-hydrogen) atoms. The Balaban J connectivity index is 2.10. The SMILES string of the molecule is C=CCN(CCc1c[nH]c2ccc(OCC)cc12)CC(F)(F)F. The van der Waals surface area contributed by atoms with Crippen LogP contribution in [0.4, 0.5) is 13.2 Å². The quantitative estimate of drug-likeness (QED) is 0.738. The molecule has 0 aliphatic carbocycles. The minimum absolute atomic E-state index is 0.214. The average molecular weight is 326 g/mol. The number of H-pyrrole nitrogens is 1. The summed E-state index contributed by atoms with van der Waals surface area (Å²) in [6.45, 7) is 5.61. The zero-order valence-corrected chi connectivity index (χ0v) is 13.1. The maximum atomic E-state index is 12.6. The smallest absolute Gasteiger partial charge is 0.401 e. The van der Waals surface area contributed by atoms with Crippen LogP contribution in [0.15, 0.2) is 37.1 Å². The fourth-order valence-electron chi connectivity index (χ4n) is 2.57. The third-order valence-electron chi connectivity index (χ3n) is 3.54. The number of benzene rings is 1. The molecule has 0 fully saturated rings. The molecule has 0 unspecified atom stereocenters. The third-order valence-corrected chi connectivity index (χ3v) is 3.54. The van der Waals surface area contributed by atoms with Crippen LogP contribution in [-0.4, -0.2) is 42.3 Å². The van der Waals surface area contributed by atoms with Crippen molar-refractivity contribution in [3.8, 4) is 5.75 Å². The van der Waals surface area contributed by atoms with Crippen molar-refractivity contribution in [2.24, 2.45) is 0 Å². The molecule has 0 radical (unpaired) electrons. The summed E-state index contributed by atoms with van der Waals surface area (Å²) in [6, 6.07) is 5.72. The number of ether oxygens (including phenoxy) is 1. The Bertz CT molecular complexity index is 649. The summed E-state index contributed by atoms with van der Waals surface area (Å²) in [4.78, 5) is 4.49. The molecule has 3 nitrogen and oxygen atoms in total. The van der Waals surface area contributed by atoms with E-state index in [0.717, 1.165) is 22.2 Å². The third kappa shape index (κ3) is 5.03. The first kappa shape index (κ1) is 17.4. The Labute approximate surface area is 133 Å². The second-order valence-electron chi connectivity index (χ2n) is 5.34. The van der Waals surface area contributed by atoms with Gasteiger partial charge < -0.3 is 9.72 Å². The molecule has 1 aromatic carbocycles. The van der Waals surface area contributed by atoms with Gasteiger partial charge in [0.15, 0.2) is 0 Å². The lowest BCUT2D eigenvalue weighted by atomic mass is 10.1. The lowest BCUT2D eigenvalue weighted by molar-refractivity contribution is -0.144. The van der Waals surface area contributed by atoms with Crippen LogP contribution in [0.1, 0.15) is 12.5 Å². The van der Waals surface area contributed by atoms with Crippen LogP contribution in [0.3, 0.4) is 0 Å².